The van der Waals surface area contributed by atoms with E-state index in [0.717, 1.165) is 5.69 Å². The number of hydrogen-bond donors (Lipinski definition) is 2. The van der Waals surface area contributed by atoms with Crippen molar-refractivity contribution in [2.75, 3.05) is 0 Å². The van der Waals surface area contributed by atoms with Gasteiger partial charge < -0.3 is 10.3 Å². The van der Waals surface area contributed by atoms with E-state index in [0.29, 0.717) is 6.54 Å². The quantitative estimate of drug-likeness (QED) is 0.537. The van der Waals surface area contributed by atoms with E-state index in [1.54, 1.807) is 18.9 Å². The van der Waals surface area contributed by atoms with Crippen molar-refractivity contribution >= 4 is 6.41 Å². The summed E-state index contributed by atoms with van der Waals surface area (Å²) in [6, 6.07) is 0. The monoisotopic (exact) mass is 124 g/mol. The predicted octanol–water partition coefficient (Wildman–Crippen LogP) is -0.434. The number of hydrogen-bond acceptors (Lipinski definition) is 2. The molecule has 0 aromatic carbocycles. The lowest BCUT2D eigenvalue weighted by molar-refractivity contribution is 0.541. The third kappa shape index (κ3) is 1.56. The molecule has 0 atom stereocenters. The number of nitrogens with zero attached hydrogens (tertiary/aromatic N) is 1. The van der Waals surface area contributed by atoms with Crippen molar-refractivity contribution in [2.45, 2.75) is 6.54 Å². The summed E-state index contributed by atoms with van der Waals surface area (Å²) in [5.41, 5.74) is 0.804. The molecule has 0 spiro atoms. The van der Waals surface area contributed by atoms with Crippen LogP contribution in [0.1, 0.15) is 5.69 Å². The van der Waals surface area contributed by atoms with Crippen molar-refractivity contribution < 1.29 is 4.79 Å². The number of aromatic amines is 1. The fourth-order valence-corrected chi connectivity index (χ4v) is 0.514. The molecule has 47 valence electrons. The van der Waals surface area contributed by atoms with Gasteiger partial charge in [-0.25, -0.2) is 4.98 Å². The van der Waals surface area contributed by atoms with E-state index in [4.69, 9.17) is 0 Å². The SMILES string of the molecule is O=[C]NCc1c[nH]cn1. The standard InChI is InChI=1S/C5H6N3O/c9-4-7-2-5-1-6-3-8-5/h1,3H,2H2,(H,6,8)(H,7,9). The van der Waals surface area contributed by atoms with Gasteiger partial charge in [-0.05, 0) is 0 Å². The fraction of sp³-hybridized carbons (Fsp3) is 0.200. The minimum Gasteiger partial charge on any atom is -0.351 e. The zero-order valence-corrected chi connectivity index (χ0v) is 4.72. The molecule has 2 N–H and O–H groups in total. The molecule has 4 nitrogen and oxygen atoms in total. The van der Waals surface area contributed by atoms with Gasteiger partial charge in [0, 0.05) is 6.20 Å². The van der Waals surface area contributed by atoms with Crippen LogP contribution in [0.2, 0.25) is 0 Å². The Bertz CT molecular complexity index is 170. The van der Waals surface area contributed by atoms with Gasteiger partial charge in [0.15, 0.2) is 0 Å². The largest absolute Gasteiger partial charge is 0.351 e. The van der Waals surface area contributed by atoms with Crippen LogP contribution in [0.5, 0.6) is 0 Å². The zero-order valence-electron chi connectivity index (χ0n) is 4.72. The van der Waals surface area contributed by atoms with Gasteiger partial charge in [-0.15, -0.1) is 0 Å². The van der Waals surface area contributed by atoms with Crippen molar-refractivity contribution in [1.29, 1.82) is 0 Å². The van der Waals surface area contributed by atoms with Crippen LogP contribution in [0.3, 0.4) is 0 Å². The first-order valence-electron chi connectivity index (χ1n) is 2.51. The third-order valence-electron chi connectivity index (χ3n) is 0.897. The molecule has 0 unspecified atom stereocenters. The van der Waals surface area contributed by atoms with Crippen LogP contribution >= 0.6 is 0 Å². The predicted molar refractivity (Wildman–Crippen MR) is 31.1 cm³/mol. The second-order valence-corrected chi connectivity index (χ2v) is 1.52. The number of amides is 1. The van der Waals surface area contributed by atoms with Gasteiger partial charge in [0.25, 0.3) is 0 Å². The third-order valence-corrected chi connectivity index (χ3v) is 0.897. The maximum atomic E-state index is 9.63. The minimum absolute atomic E-state index is 0.437. The second-order valence-electron chi connectivity index (χ2n) is 1.52. The molecule has 1 amide bonds. The molecule has 1 aromatic heterocycles. The van der Waals surface area contributed by atoms with Gasteiger partial charge in [-0.2, -0.15) is 0 Å². The molecular weight excluding hydrogens is 118 g/mol. The lowest BCUT2D eigenvalue weighted by Crippen LogP contribution is -2.09. The summed E-state index contributed by atoms with van der Waals surface area (Å²) >= 11 is 0. The van der Waals surface area contributed by atoms with E-state index in [-0.39, 0.29) is 0 Å². The Hall–Kier alpha value is -1.32. The Morgan fingerprint density at radius 3 is 3.33 bits per heavy atom. The average molecular weight is 124 g/mol. The molecule has 0 saturated heterocycles. The molecule has 0 saturated carbocycles. The number of imidazole rings is 1. The average Bonchev–Trinajstić information content (AvgIpc) is 2.34. The molecule has 0 aliphatic heterocycles. The Morgan fingerprint density at radius 1 is 1.89 bits per heavy atom. The normalized spacial score (nSPS) is 8.89. The summed E-state index contributed by atoms with van der Waals surface area (Å²) in [5, 5.41) is 2.36. The van der Waals surface area contributed by atoms with Gasteiger partial charge in [-0.1, -0.05) is 0 Å². The maximum Gasteiger partial charge on any atom is 0.309 e. The Balaban J connectivity index is 2.38. The minimum atomic E-state index is 0.437. The summed E-state index contributed by atoms with van der Waals surface area (Å²) in [4.78, 5) is 16.2. The number of carbonyl (C=O) groups excluding carboxylic acids is 1. The number of rotatable bonds is 3. The molecule has 0 fully saturated rings. The summed E-state index contributed by atoms with van der Waals surface area (Å²) < 4.78 is 0. The van der Waals surface area contributed by atoms with Gasteiger partial charge in [0.2, 0.25) is 0 Å². The molecule has 1 radical (unpaired) electrons. The number of nitrogens with one attached hydrogen (secondary N) is 2. The highest BCUT2D eigenvalue weighted by Gasteiger charge is 1.89. The van der Waals surface area contributed by atoms with Gasteiger partial charge in [0.05, 0.1) is 18.6 Å². The first kappa shape index (κ1) is 5.81. The van der Waals surface area contributed by atoms with Crippen LogP contribution in [0.15, 0.2) is 12.5 Å². The van der Waals surface area contributed by atoms with E-state index in [2.05, 4.69) is 15.3 Å². The van der Waals surface area contributed by atoms with Gasteiger partial charge in [-0.3, -0.25) is 4.79 Å². The Morgan fingerprint density at radius 2 is 2.78 bits per heavy atom. The second kappa shape index (κ2) is 2.86. The van der Waals surface area contributed by atoms with Crippen LogP contribution in [0.25, 0.3) is 0 Å². The summed E-state index contributed by atoms with van der Waals surface area (Å²) in [5.74, 6) is 0. The van der Waals surface area contributed by atoms with Crippen LogP contribution in [0, 0.1) is 0 Å². The number of aromatic nitrogens is 2. The molecule has 1 rings (SSSR count). The summed E-state index contributed by atoms with van der Waals surface area (Å²) in [6.07, 6.45) is 4.82. The van der Waals surface area contributed by atoms with Crippen molar-refractivity contribution in [2.24, 2.45) is 0 Å². The van der Waals surface area contributed by atoms with Crippen LogP contribution < -0.4 is 5.32 Å². The van der Waals surface area contributed by atoms with E-state index < -0.39 is 0 Å². The van der Waals surface area contributed by atoms with Crippen molar-refractivity contribution in [1.82, 2.24) is 15.3 Å². The Labute approximate surface area is 52.3 Å². The molecule has 0 aliphatic carbocycles. The van der Waals surface area contributed by atoms with Crippen molar-refractivity contribution in [3.05, 3.63) is 18.2 Å². The molecule has 1 heterocycles. The number of H-pyrrole nitrogens is 1. The van der Waals surface area contributed by atoms with Crippen molar-refractivity contribution in [3.8, 4) is 0 Å². The fourth-order valence-electron chi connectivity index (χ4n) is 0.514. The molecule has 1 aromatic rings. The van der Waals surface area contributed by atoms with E-state index >= 15 is 0 Å². The Kier molecular flexibility index (Phi) is 1.85. The molecule has 0 aliphatic rings. The first-order valence-corrected chi connectivity index (χ1v) is 2.51. The van der Waals surface area contributed by atoms with Crippen LogP contribution in [-0.4, -0.2) is 16.4 Å². The highest BCUT2D eigenvalue weighted by molar-refractivity contribution is 5.46. The van der Waals surface area contributed by atoms with E-state index in [1.807, 2.05) is 0 Å². The topological polar surface area (TPSA) is 57.8 Å². The molecule has 4 heteroatoms. The van der Waals surface area contributed by atoms with Crippen LogP contribution in [-0.2, 0) is 11.3 Å². The van der Waals surface area contributed by atoms with E-state index in [9.17, 15) is 4.79 Å². The molecular formula is C5H6N3O. The first-order chi connectivity index (χ1) is 4.43. The van der Waals surface area contributed by atoms with Crippen LogP contribution in [0.4, 0.5) is 0 Å². The molecule has 9 heavy (non-hydrogen) atoms. The van der Waals surface area contributed by atoms with Gasteiger partial charge >= 0.3 is 6.41 Å². The summed E-state index contributed by atoms with van der Waals surface area (Å²) in [7, 11) is 0. The van der Waals surface area contributed by atoms with Crippen molar-refractivity contribution in [3.63, 3.8) is 0 Å². The highest BCUT2D eigenvalue weighted by Crippen LogP contribution is 1.86. The molecule has 0 bridgehead atoms. The lowest BCUT2D eigenvalue weighted by atomic mass is 10.5. The maximum absolute atomic E-state index is 9.63. The lowest BCUT2D eigenvalue weighted by Gasteiger charge is -1.88. The zero-order chi connectivity index (χ0) is 6.53. The van der Waals surface area contributed by atoms with Gasteiger partial charge in [0.1, 0.15) is 0 Å². The highest BCUT2D eigenvalue weighted by atomic mass is 16.1. The smallest absolute Gasteiger partial charge is 0.309 e. The van der Waals surface area contributed by atoms with E-state index in [1.165, 1.54) is 0 Å². The summed E-state index contributed by atoms with van der Waals surface area (Å²) in [6.45, 7) is 0.437.